The highest BCUT2D eigenvalue weighted by Gasteiger charge is 2.24. The second-order valence-corrected chi connectivity index (χ2v) is 4.99. The van der Waals surface area contributed by atoms with E-state index in [4.69, 9.17) is 10.5 Å². The smallest absolute Gasteiger partial charge is 0.251 e. The van der Waals surface area contributed by atoms with E-state index in [2.05, 4.69) is 5.32 Å². The van der Waals surface area contributed by atoms with Crippen LogP contribution in [-0.4, -0.2) is 24.7 Å². The van der Waals surface area contributed by atoms with Gasteiger partial charge in [0, 0.05) is 23.4 Å². The number of ether oxygens (including phenoxy) is 1. The lowest BCUT2D eigenvalue weighted by Crippen LogP contribution is -2.40. The number of halogens is 1. The van der Waals surface area contributed by atoms with E-state index in [9.17, 15) is 9.18 Å². The molecular weight excluding hydrogens is 247 g/mol. The maximum Gasteiger partial charge on any atom is 0.251 e. The van der Waals surface area contributed by atoms with Gasteiger partial charge in [0.05, 0.1) is 12.1 Å². The highest BCUT2D eigenvalue weighted by Crippen LogP contribution is 2.19. The summed E-state index contributed by atoms with van der Waals surface area (Å²) < 4.78 is 19.1. The van der Waals surface area contributed by atoms with Crippen LogP contribution in [0.2, 0.25) is 0 Å². The molecule has 3 N–H and O–H groups in total. The van der Waals surface area contributed by atoms with E-state index in [1.54, 1.807) is 6.92 Å². The van der Waals surface area contributed by atoms with Crippen LogP contribution >= 0.6 is 0 Å². The molecule has 1 saturated heterocycles. The Morgan fingerprint density at radius 2 is 2.32 bits per heavy atom. The van der Waals surface area contributed by atoms with Gasteiger partial charge in [-0.05, 0) is 38.8 Å². The molecule has 1 aliphatic rings. The molecule has 5 heteroatoms. The van der Waals surface area contributed by atoms with Gasteiger partial charge in [0.15, 0.2) is 0 Å². The average Bonchev–Trinajstić information content (AvgIpc) is 2.89. The zero-order valence-electron chi connectivity index (χ0n) is 11.2. The summed E-state index contributed by atoms with van der Waals surface area (Å²) in [5.41, 5.74) is 6.56. The van der Waals surface area contributed by atoms with Gasteiger partial charge in [-0.2, -0.15) is 0 Å². The van der Waals surface area contributed by atoms with Gasteiger partial charge in [-0.15, -0.1) is 0 Å². The molecule has 0 spiro atoms. The topological polar surface area (TPSA) is 64.4 Å². The maximum atomic E-state index is 13.6. The van der Waals surface area contributed by atoms with Crippen molar-refractivity contribution in [3.63, 3.8) is 0 Å². The Morgan fingerprint density at radius 1 is 1.58 bits per heavy atom. The van der Waals surface area contributed by atoms with Gasteiger partial charge < -0.3 is 15.8 Å². The Morgan fingerprint density at radius 3 is 2.89 bits per heavy atom. The summed E-state index contributed by atoms with van der Waals surface area (Å²) >= 11 is 0. The predicted molar refractivity (Wildman–Crippen MR) is 71.5 cm³/mol. The number of hydrogen-bond donors (Lipinski definition) is 2. The number of carbonyl (C=O) groups is 1. The highest BCUT2D eigenvalue weighted by molar-refractivity contribution is 5.95. The number of nitrogen functional groups attached to an aromatic ring is 1. The minimum atomic E-state index is -0.463. The third-order valence-corrected chi connectivity index (χ3v) is 3.53. The first-order chi connectivity index (χ1) is 8.99. The van der Waals surface area contributed by atoms with E-state index in [0.29, 0.717) is 5.56 Å². The molecule has 2 atom stereocenters. The largest absolute Gasteiger partial charge is 0.398 e. The summed E-state index contributed by atoms with van der Waals surface area (Å²) in [6, 6.07) is 2.61. The first kappa shape index (κ1) is 13.8. The fourth-order valence-electron chi connectivity index (χ4n) is 2.21. The number of nitrogens with one attached hydrogen (secondary N) is 1. The van der Waals surface area contributed by atoms with E-state index in [1.165, 1.54) is 12.1 Å². The average molecular weight is 266 g/mol. The number of nitrogens with two attached hydrogens (primary N) is 1. The van der Waals surface area contributed by atoms with Gasteiger partial charge in [0.2, 0.25) is 0 Å². The molecule has 2 unspecified atom stereocenters. The second kappa shape index (κ2) is 5.57. The minimum absolute atomic E-state index is 0.0385. The predicted octanol–water partition coefficient (Wildman–Crippen LogP) is 2.01. The molecule has 1 fully saturated rings. The van der Waals surface area contributed by atoms with Crippen molar-refractivity contribution in [3.8, 4) is 0 Å². The molecule has 1 aromatic rings. The van der Waals surface area contributed by atoms with Gasteiger partial charge in [-0.3, -0.25) is 4.79 Å². The Balaban J connectivity index is 2.07. The molecular formula is C14H19FN2O2. The molecule has 1 heterocycles. The standard InChI is InChI=1S/C14H19FN2O2/c1-8-11(15)6-10(7-12(8)16)14(18)17-9(2)13-4-3-5-19-13/h6-7,9,13H,3-5,16H2,1-2H3,(H,17,18). The Kier molecular flexibility index (Phi) is 4.04. The molecule has 1 aliphatic heterocycles. The van der Waals surface area contributed by atoms with E-state index in [0.717, 1.165) is 19.4 Å². The summed E-state index contributed by atoms with van der Waals surface area (Å²) in [4.78, 5) is 12.0. The van der Waals surface area contributed by atoms with E-state index in [1.807, 2.05) is 6.92 Å². The maximum absolute atomic E-state index is 13.6. The summed E-state index contributed by atoms with van der Waals surface area (Å²) in [6.07, 6.45) is 1.99. The number of rotatable bonds is 3. The highest BCUT2D eigenvalue weighted by atomic mass is 19.1. The van der Waals surface area contributed by atoms with Crippen molar-refractivity contribution in [2.45, 2.75) is 38.8 Å². The van der Waals surface area contributed by atoms with Crippen LogP contribution in [0.1, 0.15) is 35.7 Å². The normalized spacial score (nSPS) is 20.3. The summed E-state index contributed by atoms with van der Waals surface area (Å²) in [6.45, 7) is 4.21. The third-order valence-electron chi connectivity index (χ3n) is 3.53. The molecule has 0 aromatic heterocycles. The lowest BCUT2D eigenvalue weighted by molar-refractivity contribution is 0.0712. The van der Waals surface area contributed by atoms with Crippen LogP contribution in [0.3, 0.4) is 0 Å². The zero-order valence-corrected chi connectivity index (χ0v) is 11.2. The van der Waals surface area contributed by atoms with E-state index < -0.39 is 5.82 Å². The van der Waals surface area contributed by atoms with Crippen molar-refractivity contribution in [1.29, 1.82) is 0 Å². The molecule has 0 saturated carbocycles. The molecule has 1 amide bonds. The summed E-state index contributed by atoms with van der Waals surface area (Å²) in [7, 11) is 0. The molecule has 2 rings (SSSR count). The first-order valence-electron chi connectivity index (χ1n) is 6.47. The summed E-state index contributed by atoms with van der Waals surface area (Å²) in [5.74, 6) is -0.788. The Hall–Kier alpha value is -1.62. The van der Waals surface area contributed by atoms with Crippen molar-refractivity contribution in [2.75, 3.05) is 12.3 Å². The van der Waals surface area contributed by atoms with Crippen LogP contribution in [0.25, 0.3) is 0 Å². The van der Waals surface area contributed by atoms with Crippen molar-refractivity contribution >= 4 is 11.6 Å². The lowest BCUT2D eigenvalue weighted by atomic mass is 10.1. The minimum Gasteiger partial charge on any atom is -0.398 e. The quantitative estimate of drug-likeness (QED) is 0.823. The van der Waals surface area contributed by atoms with Crippen molar-refractivity contribution in [3.05, 3.63) is 29.1 Å². The SMILES string of the molecule is Cc1c(N)cc(C(=O)NC(C)C2CCCO2)cc1F. The van der Waals surface area contributed by atoms with Crippen LogP contribution in [0, 0.1) is 12.7 Å². The molecule has 0 aliphatic carbocycles. The molecule has 0 bridgehead atoms. The van der Waals surface area contributed by atoms with Crippen LogP contribution in [0.15, 0.2) is 12.1 Å². The van der Waals surface area contributed by atoms with Gasteiger partial charge in [0.1, 0.15) is 5.82 Å². The first-order valence-corrected chi connectivity index (χ1v) is 6.47. The van der Waals surface area contributed by atoms with Gasteiger partial charge in [-0.1, -0.05) is 0 Å². The van der Waals surface area contributed by atoms with Crippen molar-refractivity contribution in [1.82, 2.24) is 5.32 Å². The number of benzene rings is 1. The monoisotopic (exact) mass is 266 g/mol. The molecule has 19 heavy (non-hydrogen) atoms. The second-order valence-electron chi connectivity index (χ2n) is 4.99. The van der Waals surface area contributed by atoms with Crippen LogP contribution in [0.5, 0.6) is 0 Å². The molecule has 0 radical (unpaired) electrons. The van der Waals surface area contributed by atoms with E-state index in [-0.39, 0.29) is 29.3 Å². The van der Waals surface area contributed by atoms with Crippen LogP contribution < -0.4 is 11.1 Å². The van der Waals surface area contributed by atoms with Crippen molar-refractivity contribution in [2.24, 2.45) is 0 Å². The van der Waals surface area contributed by atoms with E-state index >= 15 is 0 Å². The van der Waals surface area contributed by atoms with Gasteiger partial charge >= 0.3 is 0 Å². The molecule has 1 aromatic carbocycles. The van der Waals surface area contributed by atoms with Crippen LogP contribution in [0.4, 0.5) is 10.1 Å². The zero-order chi connectivity index (χ0) is 14.0. The van der Waals surface area contributed by atoms with Crippen molar-refractivity contribution < 1.29 is 13.9 Å². The Bertz CT molecular complexity index is 461. The third kappa shape index (κ3) is 3.04. The summed E-state index contributed by atoms with van der Waals surface area (Å²) in [5, 5.41) is 2.83. The van der Waals surface area contributed by atoms with Crippen LogP contribution in [-0.2, 0) is 4.74 Å². The fourth-order valence-corrected chi connectivity index (χ4v) is 2.21. The van der Waals surface area contributed by atoms with Gasteiger partial charge in [0.25, 0.3) is 5.91 Å². The number of amides is 1. The number of anilines is 1. The molecule has 104 valence electrons. The van der Waals surface area contributed by atoms with Gasteiger partial charge in [-0.25, -0.2) is 4.39 Å². The fraction of sp³-hybridized carbons (Fsp3) is 0.500. The number of carbonyl (C=O) groups excluding carboxylic acids is 1. The number of hydrogen-bond acceptors (Lipinski definition) is 3. The lowest BCUT2D eigenvalue weighted by Gasteiger charge is -2.20. The molecule has 4 nitrogen and oxygen atoms in total. The Labute approximate surface area is 112 Å².